The van der Waals surface area contributed by atoms with Crippen LogP contribution in [0.4, 0.5) is 0 Å². The molecular formula is C48H30O. The molecule has 228 valence electrons. The SMILES string of the molecule is c1ccc(-c2cccc(-c3c4ccccc4c(-c4cccc5oc6c7ccccc7ccc6c45)c4cc(-c5ccccc5)ccc34)c2)cc1. The highest BCUT2D eigenvalue weighted by Gasteiger charge is 2.21. The molecule has 0 fully saturated rings. The second kappa shape index (κ2) is 11.1. The molecule has 0 bridgehead atoms. The first kappa shape index (κ1) is 27.7. The van der Waals surface area contributed by atoms with Crippen molar-refractivity contribution in [3.05, 3.63) is 182 Å². The Kier molecular flexibility index (Phi) is 6.25. The molecule has 9 aromatic carbocycles. The van der Waals surface area contributed by atoms with Crippen molar-refractivity contribution in [2.45, 2.75) is 0 Å². The lowest BCUT2D eigenvalue weighted by Gasteiger charge is -2.19. The minimum Gasteiger partial charge on any atom is -0.455 e. The van der Waals surface area contributed by atoms with Gasteiger partial charge in [-0.2, -0.15) is 0 Å². The van der Waals surface area contributed by atoms with Crippen LogP contribution in [0.5, 0.6) is 0 Å². The van der Waals surface area contributed by atoms with Crippen LogP contribution in [0.15, 0.2) is 186 Å². The van der Waals surface area contributed by atoms with Crippen LogP contribution in [-0.4, -0.2) is 0 Å². The highest BCUT2D eigenvalue weighted by atomic mass is 16.3. The van der Waals surface area contributed by atoms with Gasteiger partial charge in [0.1, 0.15) is 11.2 Å². The molecule has 0 saturated carbocycles. The van der Waals surface area contributed by atoms with Gasteiger partial charge in [-0.1, -0.05) is 158 Å². The number of rotatable bonds is 4. The number of fused-ring (bicyclic) bond motifs is 7. The lowest BCUT2D eigenvalue weighted by molar-refractivity contribution is 0.673. The van der Waals surface area contributed by atoms with E-state index in [1.807, 2.05) is 0 Å². The Bertz CT molecular complexity index is 2860. The fraction of sp³-hybridized carbons (Fsp3) is 0. The Morgan fingerprint density at radius 1 is 0.306 bits per heavy atom. The molecule has 0 aliphatic rings. The van der Waals surface area contributed by atoms with Crippen molar-refractivity contribution in [1.29, 1.82) is 0 Å². The molecule has 0 aliphatic carbocycles. The van der Waals surface area contributed by atoms with Crippen LogP contribution in [-0.2, 0) is 0 Å². The second-order valence-corrected chi connectivity index (χ2v) is 12.8. The first-order valence-corrected chi connectivity index (χ1v) is 16.8. The summed E-state index contributed by atoms with van der Waals surface area (Å²) in [5.74, 6) is 0. The van der Waals surface area contributed by atoms with Crippen molar-refractivity contribution >= 4 is 54.3 Å². The van der Waals surface area contributed by atoms with E-state index in [0.29, 0.717) is 0 Å². The number of hydrogen-bond acceptors (Lipinski definition) is 1. The predicted molar refractivity (Wildman–Crippen MR) is 208 cm³/mol. The molecule has 10 aromatic rings. The van der Waals surface area contributed by atoms with Gasteiger partial charge in [-0.05, 0) is 95.7 Å². The quantitative estimate of drug-likeness (QED) is 0.178. The lowest BCUT2D eigenvalue weighted by atomic mass is 9.83. The first-order valence-electron chi connectivity index (χ1n) is 16.8. The summed E-state index contributed by atoms with van der Waals surface area (Å²) in [6.45, 7) is 0. The van der Waals surface area contributed by atoms with E-state index in [1.165, 1.54) is 71.4 Å². The normalized spacial score (nSPS) is 11.7. The van der Waals surface area contributed by atoms with Gasteiger partial charge in [-0.15, -0.1) is 0 Å². The Morgan fingerprint density at radius 2 is 0.878 bits per heavy atom. The Balaban J connectivity index is 1.34. The Morgan fingerprint density at radius 3 is 1.65 bits per heavy atom. The van der Waals surface area contributed by atoms with Gasteiger partial charge in [0.15, 0.2) is 0 Å². The molecule has 1 nitrogen and oxygen atoms in total. The summed E-state index contributed by atoms with van der Waals surface area (Å²) in [5, 5.41) is 9.52. The molecule has 49 heavy (non-hydrogen) atoms. The van der Waals surface area contributed by atoms with Gasteiger partial charge in [-0.3, -0.25) is 0 Å². The molecule has 1 heterocycles. The van der Waals surface area contributed by atoms with E-state index in [9.17, 15) is 0 Å². The first-order chi connectivity index (χ1) is 24.3. The van der Waals surface area contributed by atoms with Gasteiger partial charge in [0.05, 0.1) is 0 Å². The summed E-state index contributed by atoms with van der Waals surface area (Å²) in [5.41, 5.74) is 11.5. The zero-order valence-corrected chi connectivity index (χ0v) is 26.7. The average Bonchev–Trinajstić information content (AvgIpc) is 3.57. The summed E-state index contributed by atoms with van der Waals surface area (Å²) in [4.78, 5) is 0. The number of furan rings is 1. The second-order valence-electron chi connectivity index (χ2n) is 12.8. The third-order valence-electron chi connectivity index (χ3n) is 10.0. The van der Waals surface area contributed by atoms with Gasteiger partial charge in [0.2, 0.25) is 0 Å². The van der Waals surface area contributed by atoms with Gasteiger partial charge in [0, 0.05) is 16.2 Å². The van der Waals surface area contributed by atoms with E-state index in [-0.39, 0.29) is 0 Å². The maximum absolute atomic E-state index is 6.69. The summed E-state index contributed by atoms with van der Waals surface area (Å²) in [6, 6.07) is 65.7. The third kappa shape index (κ3) is 4.40. The number of hydrogen-bond donors (Lipinski definition) is 0. The molecular weight excluding hydrogens is 593 g/mol. The van der Waals surface area contributed by atoms with Gasteiger partial charge >= 0.3 is 0 Å². The number of benzene rings is 9. The zero-order chi connectivity index (χ0) is 32.3. The smallest absolute Gasteiger partial charge is 0.143 e. The maximum Gasteiger partial charge on any atom is 0.143 e. The van der Waals surface area contributed by atoms with Crippen molar-refractivity contribution in [3.63, 3.8) is 0 Å². The molecule has 0 atom stereocenters. The third-order valence-corrected chi connectivity index (χ3v) is 10.0. The Hall–Kier alpha value is -6.44. The van der Waals surface area contributed by atoms with Crippen LogP contribution in [0.2, 0.25) is 0 Å². The van der Waals surface area contributed by atoms with Crippen molar-refractivity contribution < 1.29 is 4.42 Å². The molecule has 0 radical (unpaired) electrons. The van der Waals surface area contributed by atoms with E-state index in [1.54, 1.807) is 0 Å². The van der Waals surface area contributed by atoms with Crippen LogP contribution >= 0.6 is 0 Å². The van der Waals surface area contributed by atoms with E-state index in [4.69, 9.17) is 4.42 Å². The average molecular weight is 623 g/mol. The standard InChI is InChI=1S/C48H30O/c1-3-13-31(14-4-1)34-18-11-19-36(29-34)45-38-21-9-10-22-39(38)46(43-30-35(26-27-40(43)45)32-15-5-2-6-16-32)41-23-12-24-44-47(41)42-28-25-33-17-7-8-20-37(33)48(42)49-44/h1-30H. The summed E-state index contributed by atoms with van der Waals surface area (Å²) in [6.07, 6.45) is 0. The highest BCUT2D eigenvalue weighted by Crippen LogP contribution is 2.48. The molecule has 1 heteroatoms. The monoisotopic (exact) mass is 622 g/mol. The van der Waals surface area contributed by atoms with Crippen LogP contribution in [0.3, 0.4) is 0 Å². The largest absolute Gasteiger partial charge is 0.455 e. The molecule has 0 aliphatic heterocycles. The van der Waals surface area contributed by atoms with E-state index < -0.39 is 0 Å². The van der Waals surface area contributed by atoms with Gasteiger partial charge in [0.25, 0.3) is 0 Å². The minimum atomic E-state index is 0.903. The lowest BCUT2D eigenvalue weighted by Crippen LogP contribution is -1.92. The molecule has 10 rings (SSSR count). The van der Waals surface area contributed by atoms with Crippen LogP contribution < -0.4 is 0 Å². The van der Waals surface area contributed by atoms with Crippen LogP contribution in [0.25, 0.3) is 98.8 Å². The predicted octanol–water partition coefficient (Wildman–Crippen LogP) is 13.7. The molecule has 0 amide bonds. The summed E-state index contributed by atoms with van der Waals surface area (Å²) >= 11 is 0. The van der Waals surface area contributed by atoms with Crippen molar-refractivity contribution in [1.82, 2.24) is 0 Å². The van der Waals surface area contributed by atoms with Crippen molar-refractivity contribution in [3.8, 4) is 44.5 Å². The molecule has 1 aromatic heterocycles. The van der Waals surface area contributed by atoms with Crippen molar-refractivity contribution in [2.75, 3.05) is 0 Å². The molecule has 0 N–H and O–H groups in total. The van der Waals surface area contributed by atoms with Gasteiger partial charge < -0.3 is 4.42 Å². The Labute approximate surface area is 284 Å². The molecule has 0 spiro atoms. The zero-order valence-electron chi connectivity index (χ0n) is 26.7. The minimum absolute atomic E-state index is 0.903. The maximum atomic E-state index is 6.69. The summed E-state index contributed by atoms with van der Waals surface area (Å²) in [7, 11) is 0. The topological polar surface area (TPSA) is 13.1 Å². The van der Waals surface area contributed by atoms with Crippen LogP contribution in [0, 0.1) is 0 Å². The fourth-order valence-electron chi connectivity index (χ4n) is 7.84. The van der Waals surface area contributed by atoms with Crippen molar-refractivity contribution in [2.24, 2.45) is 0 Å². The van der Waals surface area contributed by atoms with E-state index in [0.717, 1.165) is 27.3 Å². The van der Waals surface area contributed by atoms with E-state index in [2.05, 4.69) is 182 Å². The van der Waals surface area contributed by atoms with Crippen LogP contribution in [0.1, 0.15) is 0 Å². The fourth-order valence-corrected chi connectivity index (χ4v) is 7.84. The highest BCUT2D eigenvalue weighted by molar-refractivity contribution is 6.27. The summed E-state index contributed by atoms with van der Waals surface area (Å²) < 4.78 is 6.69. The van der Waals surface area contributed by atoms with E-state index >= 15 is 0 Å². The van der Waals surface area contributed by atoms with Gasteiger partial charge in [-0.25, -0.2) is 0 Å². The molecule has 0 saturated heterocycles. The molecule has 0 unspecified atom stereocenters.